The molecule has 0 aliphatic carbocycles. The minimum atomic E-state index is -0.307. The largest absolute Gasteiger partial charge is 0.457 e. The third-order valence-electron chi connectivity index (χ3n) is 7.35. The van der Waals surface area contributed by atoms with Gasteiger partial charge in [-0.1, -0.05) is 18.2 Å². The summed E-state index contributed by atoms with van der Waals surface area (Å²) >= 11 is 8.52. The highest BCUT2D eigenvalue weighted by atomic mass is 79.9. The van der Waals surface area contributed by atoms with Crippen LogP contribution in [-0.2, 0) is 24.4 Å². The van der Waals surface area contributed by atoms with Gasteiger partial charge in [0.25, 0.3) is 0 Å². The second-order valence-corrected chi connectivity index (χ2v) is 13.5. The molecule has 1 aliphatic heterocycles. The molecule has 0 spiro atoms. The lowest BCUT2D eigenvalue weighted by molar-refractivity contribution is 0.0535. The number of benzene rings is 2. The van der Waals surface area contributed by atoms with Crippen molar-refractivity contribution in [2.45, 2.75) is 19.7 Å². The molecule has 4 N–H and O–H groups in total. The lowest BCUT2D eigenvalue weighted by atomic mass is 10.1. The van der Waals surface area contributed by atoms with Crippen molar-refractivity contribution in [1.82, 2.24) is 34.9 Å². The van der Waals surface area contributed by atoms with Gasteiger partial charge < -0.3 is 26.0 Å². The predicted molar refractivity (Wildman–Crippen MR) is 204 cm³/mol. The Bertz CT molecular complexity index is 2300. The lowest BCUT2D eigenvalue weighted by Crippen LogP contribution is -2.06. The highest BCUT2D eigenvalue weighted by Gasteiger charge is 2.21. The second-order valence-electron chi connectivity index (χ2n) is 10.9. The van der Waals surface area contributed by atoms with Gasteiger partial charge in [-0.2, -0.15) is 9.97 Å². The number of cyclic esters (lactones) is 1. The quantitative estimate of drug-likeness (QED) is 0.0976. The molecule has 5 aromatic heterocycles. The van der Waals surface area contributed by atoms with Crippen molar-refractivity contribution in [2.24, 2.45) is 0 Å². The number of fused-ring (bicyclic) bond motifs is 2. The van der Waals surface area contributed by atoms with E-state index in [0.717, 1.165) is 47.5 Å². The zero-order valence-electron chi connectivity index (χ0n) is 26.5. The van der Waals surface area contributed by atoms with Crippen LogP contribution >= 0.6 is 43.2 Å². The van der Waals surface area contributed by atoms with E-state index in [1.807, 2.05) is 72.2 Å². The Kier molecular flexibility index (Phi) is 10.6. The summed E-state index contributed by atoms with van der Waals surface area (Å²) < 4.78 is 7.68. The smallest absolute Gasteiger partial charge is 0.338 e. The fourth-order valence-electron chi connectivity index (χ4n) is 4.84. The van der Waals surface area contributed by atoms with Gasteiger partial charge in [0, 0.05) is 41.7 Å². The van der Waals surface area contributed by atoms with Crippen LogP contribution in [0.4, 0.5) is 34.9 Å². The first-order valence-corrected chi connectivity index (χ1v) is 17.9. The van der Waals surface area contributed by atoms with Crippen LogP contribution in [0.1, 0.15) is 27.3 Å². The Morgan fingerprint density at radius 2 is 1.31 bits per heavy atom. The van der Waals surface area contributed by atoms with Crippen molar-refractivity contribution >= 4 is 94.3 Å². The van der Waals surface area contributed by atoms with Gasteiger partial charge in [0.15, 0.2) is 0 Å². The number of hydrogen-bond acceptors (Lipinski definition) is 14. The van der Waals surface area contributed by atoms with E-state index in [0.29, 0.717) is 48.8 Å². The third kappa shape index (κ3) is 8.78. The van der Waals surface area contributed by atoms with E-state index in [-0.39, 0.29) is 5.97 Å². The number of carbonyl (C=O) groups excluding carboxylic acids is 1. The van der Waals surface area contributed by atoms with E-state index >= 15 is 0 Å². The molecule has 6 heterocycles. The summed E-state index contributed by atoms with van der Waals surface area (Å²) in [5.41, 5.74) is 7.78. The maximum absolute atomic E-state index is 11.7. The average Bonchev–Trinajstić information content (AvgIpc) is 3.79. The maximum atomic E-state index is 11.7. The van der Waals surface area contributed by atoms with Gasteiger partial charge >= 0.3 is 5.97 Å². The normalized spacial score (nSPS) is 11.6. The molecular formula is C35H27Br2N11O2S. The molecule has 7 aromatic rings. The summed E-state index contributed by atoms with van der Waals surface area (Å²) in [5.74, 6) is 1.99. The summed E-state index contributed by atoms with van der Waals surface area (Å²) in [6.07, 6.45) is 6.91. The Hall–Kier alpha value is -5.58. The van der Waals surface area contributed by atoms with E-state index in [4.69, 9.17) is 4.74 Å². The molecule has 13 nitrogen and oxygen atoms in total. The fourth-order valence-corrected chi connectivity index (χ4v) is 6.22. The molecule has 51 heavy (non-hydrogen) atoms. The molecule has 254 valence electrons. The molecular weight excluding hydrogens is 798 g/mol. The van der Waals surface area contributed by atoms with Crippen LogP contribution in [0, 0.1) is 0 Å². The molecule has 0 unspecified atom stereocenters. The van der Waals surface area contributed by atoms with E-state index in [1.54, 1.807) is 42.2 Å². The van der Waals surface area contributed by atoms with Crippen molar-refractivity contribution in [3.05, 3.63) is 135 Å². The number of rotatable bonds is 10. The third-order valence-corrected chi connectivity index (χ3v) is 9.30. The van der Waals surface area contributed by atoms with Gasteiger partial charge in [0.05, 0.1) is 54.7 Å². The van der Waals surface area contributed by atoms with Gasteiger partial charge in [-0.05, 0) is 86.5 Å². The molecule has 2 aromatic carbocycles. The SMILES string of the molecule is Brc1cnc(Nc2ccc3ncsc3c2)nc1NCc1ccccn1.O=C1OCc2ccc(Nc3ncc(Br)c(NCc4ccccn4)n3)cc21. The summed E-state index contributed by atoms with van der Waals surface area (Å²) in [6, 6.07) is 23.0. The van der Waals surface area contributed by atoms with Gasteiger partial charge in [-0.3, -0.25) is 9.97 Å². The molecule has 0 saturated heterocycles. The molecule has 0 saturated carbocycles. The first-order chi connectivity index (χ1) is 25.0. The standard InChI is InChI=1S/C18H14BrN5O2.C17H13BrN6S/c19-15-9-22-18(24-16(15)21-8-13-3-1-2-6-20-13)23-12-5-4-11-10-26-17(25)14(11)7-12;18-13-9-21-17(23-11-4-5-14-15(7-11)25-10-22-14)24-16(13)20-8-12-3-1-2-6-19-12/h1-7,9H,8,10H2,(H2,21,22,23,24);1-7,9-10H,8H2,(H2,20,21,23,24). The Morgan fingerprint density at radius 3 is 1.92 bits per heavy atom. The summed E-state index contributed by atoms with van der Waals surface area (Å²) in [5, 5.41) is 12.8. The number of anilines is 6. The number of ether oxygens (including phenoxy) is 1. The monoisotopic (exact) mass is 823 g/mol. The van der Waals surface area contributed by atoms with Crippen LogP contribution < -0.4 is 21.3 Å². The Morgan fingerprint density at radius 1 is 0.706 bits per heavy atom. The summed E-state index contributed by atoms with van der Waals surface area (Å²) in [4.78, 5) is 42.1. The van der Waals surface area contributed by atoms with Crippen molar-refractivity contribution in [1.29, 1.82) is 0 Å². The number of hydrogen-bond donors (Lipinski definition) is 4. The van der Waals surface area contributed by atoms with E-state index < -0.39 is 0 Å². The van der Waals surface area contributed by atoms with E-state index in [1.165, 1.54) is 0 Å². The fraction of sp³-hybridized carbons (Fsp3) is 0.0857. The molecule has 0 fully saturated rings. The topological polar surface area (TPSA) is 165 Å². The Balaban J connectivity index is 0.000000159. The second kappa shape index (κ2) is 16.0. The number of aromatic nitrogens is 7. The number of halogens is 2. The predicted octanol–water partition coefficient (Wildman–Crippen LogP) is 8.26. The van der Waals surface area contributed by atoms with Crippen LogP contribution in [0.3, 0.4) is 0 Å². The van der Waals surface area contributed by atoms with E-state index in [9.17, 15) is 4.79 Å². The number of thiazole rings is 1. The minimum Gasteiger partial charge on any atom is -0.457 e. The van der Waals surface area contributed by atoms with E-state index in [2.05, 4.69) is 88.0 Å². The molecule has 0 atom stereocenters. The zero-order valence-corrected chi connectivity index (χ0v) is 30.5. The van der Waals surface area contributed by atoms with Gasteiger partial charge in [0.1, 0.15) is 18.2 Å². The number of nitrogens with zero attached hydrogens (tertiary/aromatic N) is 7. The van der Waals surface area contributed by atoms with Crippen LogP contribution in [0.5, 0.6) is 0 Å². The number of carbonyl (C=O) groups is 1. The first-order valence-electron chi connectivity index (χ1n) is 15.5. The average molecular weight is 826 g/mol. The van der Waals surface area contributed by atoms with Crippen LogP contribution in [0.25, 0.3) is 10.2 Å². The zero-order chi connectivity index (χ0) is 35.0. The van der Waals surface area contributed by atoms with Crippen molar-refractivity contribution in [3.63, 3.8) is 0 Å². The molecule has 0 amide bonds. The number of esters is 1. The maximum Gasteiger partial charge on any atom is 0.338 e. The van der Waals surface area contributed by atoms with Crippen molar-refractivity contribution < 1.29 is 9.53 Å². The number of nitrogens with one attached hydrogen (secondary N) is 4. The van der Waals surface area contributed by atoms with Gasteiger partial charge in [-0.25, -0.2) is 19.7 Å². The van der Waals surface area contributed by atoms with Crippen LogP contribution in [0.15, 0.2) is 112 Å². The number of pyridine rings is 2. The lowest BCUT2D eigenvalue weighted by Gasteiger charge is -2.10. The molecule has 0 bridgehead atoms. The first kappa shape index (κ1) is 33.9. The summed E-state index contributed by atoms with van der Waals surface area (Å²) in [7, 11) is 0. The van der Waals surface area contributed by atoms with Crippen molar-refractivity contribution in [2.75, 3.05) is 21.3 Å². The van der Waals surface area contributed by atoms with Crippen LogP contribution in [0.2, 0.25) is 0 Å². The van der Waals surface area contributed by atoms with Crippen LogP contribution in [-0.4, -0.2) is 40.9 Å². The highest BCUT2D eigenvalue weighted by Crippen LogP contribution is 2.28. The molecule has 1 aliphatic rings. The van der Waals surface area contributed by atoms with Gasteiger partial charge in [0.2, 0.25) is 11.9 Å². The van der Waals surface area contributed by atoms with Crippen molar-refractivity contribution in [3.8, 4) is 0 Å². The van der Waals surface area contributed by atoms with Gasteiger partial charge in [-0.15, -0.1) is 11.3 Å². The highest BCUT2D eigenvalue weighted by molar-refractivity contribution is 9.11. The molecule has 8 rings (SSSR count). The summed E-state index contributed by atoms with van der Waals surface area (Å²) in [6.45, 7) is 1.45. The molecule has 0 radical (unpaired) electrons. The minimum absolute atomic E-state index is 0.307. The Labute approximate surface area is 312 Å². The molecule has 16 heteroatoms.